The number of nitrogens with zero attached hydrogens (tertiary/aromatic N) is 1. The van der Waals surface area contributed by atoms with Crippen LogP contribution in [0.4, 0.5) is 5.69 Å². The molecular weight excluding hydrogens is 364 g/mol. The molecule has 6 nitrogen and oxygen atoms in total. The van der Waals surface area contributed by atoms with Crippen LogP contribution in [-0.2, 0) is 17.8 Å². The van der Waals surface area contributed by atoms with Gasteiger partial charge in [-0.25, -0.2) is 4.99 Å². The number of rotatable bonds is 10. The average Bonchev–Trinajstić information content (AvgIpc) is 2.72. The van der Waals surface area contributed by atoms with E-state index >= 15 is 0 Å². The second kappa shape index (κ2) is 12.2. The van der Waals surface area contributed by atoms with E-state index in [1.54, 1.807) is 6.08 Å². The van der Waals surface area contributed by atoms with Gasteiger partial charge in [0.05, 0.1) is 6.54 Å². The van der Waals surface area contributed by atoms with Crippen molar-refractivity contribution in [2.24, 2.45) is 4.99 Å². The standard InChI is InChI=1S/C23H30N4O2/c1-4-16-29-22-9-7-6-8-20(22)17-26-23(24-5-2)25-15-14-19-10-12-21(13-11-19)27-18(3)28/h4,6-13H,1,5,14-17H2,2-3H3,(H,27,28)(H2,24,25,26). The molecule has 0 saturated heterocycles. The Kier molecular flexibility index (Phi) is 9.29. The fraction of sp³-hybridized carbons (Fsp3) is 0.304. The molecule has 0 spiro atoms. The zero-order valence-corrected chi connectivity index (χ0v) is 17.2. The Labute approximate surface area is 173 Å². The minimum atomic E-state index is -0.0672. The first-order chi connectivity index (χ1) is 14.1. The molecule has 0 aliphatic rings. The summed E-state index contributed by atoms with van der Waals surface area (Å²) in [5, 5.41) is 9.40. The molecule has 0 aliphatic heterocycles. The zero-order valence-electron chi connectivity index (χ0n) is 17.2. The summed E-state index contributed by atoms with van der Waals surface area (Å²) in [7, 11) is 0. The maximum atomic E-state index is 11.1. The SMILES string of the molecule is C=CCOc1ccccc1CN=C(NCC)NCCc1ccc(NC(C)=O)cc1. The maximum absolute atomic E-state index is 11.1. The Bertz CT molecular complexity index is 816. The normalized spacial score (nSPS) is 10.9. The van der Waals surface area contributed by atoms with Gasteiger partial charge < -0.3 is 20.7 Å². The Hall–Kier alpha value is -3.28. The van der Waals surface area contributed by atoms with Crippen molar-refractivity contribution in [2.45, 2.75) is 26.8 Å². The summed E-state index contributed by atoms with van der Waals surface area (Å²) >= 11 is 0. The second-order valence-corrected chi connectivity index (χ2v) is 6.46. The van der Waals surface area contributed by atoms with Gasteiger partial charge in [0.15, 0.2) is 5.96 Å². The summed E-state index contributed by atoms with van der Waals surface area (Å²) in [6.45, 7) is 9.76. The molecule has 3 N–H and O–H groups in total. The third-order valence-electron chi connectivity index (χ3n) is 4.06. The van der Waals surface area contributed by atoms with E-state index < -0.39 is 0 Å². The first-order valence-electron chi connectivity index (χ1n) is 9.82. The van der Waals surface area contributed by atoms with Crippen LogP contribution in [0.25, 0.3) is 0 Å². The number of hydrogen-bond donors (Lipinski definition) is 3. The summed E-state index contributed by atoms with van der Waals surface area (Å²) in [6.07, 6.45) is 2.58. The van der Waals surface area contributed by atoms with Gasteiger partial charge in [-0.1, -0.05) is 43.0 Å². The summed E-state index contributed by atoms with van der Waals surface area (Å²) in [5.74, 6) is 1.52. The Morgan fingerprint density at radius 3 is 2.59 bits per heavy atom. The number of carbonyl (C=O) groups is 1. The largest absolute Gasteiger partial charge is 0.489 e. The van der Waals surface area contributed by atoms with Crippen molar-refractivity contribution in [3.8, 4) is 5.75 Å². The Morgan fingerprint density at radius 2 is 1.90 bits per heavy atom. The number of guanidine groups is 1. The number of amides is 1. The number of aliphatic imine (C=N–C) groups is 1. The molecule has 0 aromatic heterocycles. The smallest absolute Gasteiger partial charge is 0.221 e. The van der Waals surface area contributed by atoms with Crippen LogP contribution in [-0.4, -0.2) is 31.6 Å². The summed E-state index contributed by atoms with van der Waals surface area (Å²) in [6, 6.07) is 15.8. The number of benzene rings is 2. The molecule has 29 heavy (non-hydrogen) atoms. The first-order valence-corrected chi connectivity index (χ1v) is 9.82. The van der Waals surface area contributed by atoms with Gasteiger partial charge in [0.2, 0.25) is 5.91 Å². The van der Waals surface area contributed by atoms with Crippen molar-refractivity contribution in [1.82, 2.24) is 10.6 Å². The van der Waals surface area contributed by atoms with Crippen molar-refractivity contribution in [3.05, 3.63) is 72.3 Å². The van der Waals surface area contributed by atoms with Crippen LogP contribution < -0.4 is 20.7 Å². The number of hydrogen-bond acceptors (Lipinski definition) is 3. The monoisotopic (exact) mass is 394 g/mol. The van der Waals surface area contributed by atoms with Crippen LogP contribution in [0.3, 0.4) is 0 Å². The molecule has 1 amide bonds. The lowest BCUT2D eigenvalue weighted by atomic mass is 10.1. The lowest BCUT2D eigenvalue weighted by molar-refractivity contribution is -0.114. The highest BCUT2D eigenvalue weighted by molar-refractivity contribution is 5.88. The predicted molar refractivity (Wildman–Crippen MR) is 119 cm³/mol. The third kappa shape index (κ3) is 8.09. The maximum Gasteiger partial charge on any atom is 0.221 e. The fourth-order valence-electron chi connectivity index (χ4n) is 2.71. The highest BCUT2D eigenvalue weighted by Gasteiger charge is 2.04. The van der Waals surface area contributed by atoms with Crippen LogP contribution in [0.1, 0.15) is 25.0 Å². The quantitative estimate of drug-likeness (QED) is 0.328. The Balaban J connectivity index is 1.91. The average molecular weight is 395 g/mol. The van der Waals surface area contributed by atoms with E-state index in [2.05, 4.69) is 27.5 Å². The van der Waals surface area contributed by atoms with Crippen LogP contribution in [0, 0.1) is 0 Å². The van der Waals surface area contributed by atoms with Crippen LogP contribution in [0.5, 0.6) is 5.75 Å². The van der Waals surface area contributed by atoms with E-state index in [0.29, 0.717) is 13.2 Å². The van der Waals surface area contributed by atoms with Gasteiger partial charge in [-0.3, -0.25) is 4.79 Å². The fourth-order valence-corrected chi connectivity index (χ4v) is 2.71. The van der Waals surface area contributed by atoms with Crippen molar-refractivity contribution in [2.75, 3.05) is 25.0 Å². The summed E-state index contributed by atoms with van der Waals surface area (Å²) in [5.41, 5.74) is 3.02. The van der Waals surface area contributed by atoms with Crippen LogP contribution >= 0.6 is 0 Å². The molecule has 0 atom stereocenters. The van der Waals surface area contributed by atoms with Gasteiger partial charge in [-0.05, 0) is 37.1 Å². The first kappa shape index (κ1) is 22.0. The highest BCUT2D eigenvalue weighted by Crippen LogP contribution is 2.18. The van der Waals surface area contributed by atoms with E-state index in [0.717, 1.165) is 42.5 Å². The van der Waals surface area contributed by atoms with Gasteiger partial charge in [-0.15, -0.1) is 0 Å². The molecule has 154 valence electrons. The molecule has 0 radical (unpaired) electrons. The van der Waals surface area contributed by atoms with Gasteiger partial charge in [0.1, 0.15) is 12.4 Å². The van der Waals surface area contributed by atoms with Gasteiger partial charge >= 0.3 is 0 Å². The van der Waals surface area contributed by atoms with Gasteiger partial charge in [-0.2, -0.15) is 0 Å². The highest BCUT2D eigenvalue weighted by atomic mass is 16.5. The van der Waals surface area contributed by atoms with Crippen LogP contribution in [0.15, 0.2) is 66.2 Å². The van der Waals surface area contributed by atoms with Crippen molar-refractivity contribution in [3.63, 3.8) is 0 Å². The molecule has 0 heterocycles. The molecule has 2 aromatic rings. The van der Waals surface area contributed by atoms with Crippen molar-refractivity contribution >= 4 is 17.6 Å². The van der Waals surface area contributed by atoms with E-state index in [4.69, 9.17) is 4.74 Å². The number of para-hydroxylation sites is 1. The van der Waals surface area contributed by atoms with Crippen LogP contribution in [0.2, 0.25) is 0 Å². The molecule has 0 saturated carbocycles. The summed E-state index contributed by atoms with van der Waals surface area (Å²) < 4.78 is 5.70. The lowest BCUT2D eigenvalue weighted by Crippen LogP contribution is -2.38. The molecule has 0 aliphatic carbocycles. The molecule has 0 fully saturated rings. The zero-order chi connectivity index (χ0) is 20.9. The number of anilines is 1. The molecule has 0 unspecified atom stereocenters. The topological polar surface area (TPSA) is 74.8 Å². The summed E-state index contributed by atoms with van der Waals surface area (Å²) in [4.78, 5) is 15.8. The Morgan fingerprint density at radius 1 is 1.14 bits per heavy atom. The molecular formula is C23H30N4O2. The number of nitrogens with one attached hydrogen (secondary N) is 3. The second-order valence-electron chi connectivity index (χ2n) is 6.46. The van der Waals surface area contributed by atoms with E-state index in [-0.39, 0.29) is 5.91 Å². The third-order valence-corrected chi connectivity index (χ3v) is 4.06. The minimum Gasteiger partial charge on any atom is -0.489 e. The number of ether oxygens (including phenoxy) is 1. The lowest BCUT2D eigenvalue weighted by Gasteiger charge is -2.13. The van der Waals surface area contributed by atoms with Crippen molar-refractivity contribution < 1.29 is 9.53 Å². The predicted octanol–water partition coefficient (Wildman–Crippen LogP) is 3.51. The molecule has 2 aromatic carbocycles. The number of carbonyl (C=O) groups excluding carboxylic acids is 1. The van der Waals surface area contributed by atoms with Crippen molar-refractivity contribution in [1.29, 1.82) is 0 Å². The van der Waals surface area contributed by atoms with Gasteiger partial charge in [0.25, 0.3) is 0 Å². The molecule has 2 rings (SSSR count). The van der Waals surface area contributed by atoms with E-state index in [9.17, 15) is 4.79 Å². The van der Waals surface area contributed by atoms with E-state index in [1.165, 1.54) is 12.5 Å². The minimum absolute atomic E-state index is 0.0672. The molecule has 0 bridgehead atoms. The van der Waals surface area contributed by atoms with E-state index in [1.807, 2.05) is 55.5 Å². The van der Waals surface area contributed by atoms with Gasteiger partial charge in [0, 0.05) is 31.3 Å². The molecule has 6 heteroatoms.